The lowest BCUT2D eigenvalue weighted by molar-refractivity contribution is -0.130. The molecule has 0 atom stereocenters. The molecule has 0 bridgehead atoms. The van der Waals surface area contributed by atoms with Gasteiger partial charge in [-0.15, -0.1) is 22.7 Å². The second-order valence-corrected chi connectivity index (χ2v) is 7.81. The maximum atomic E-state index is 12.5. The SMILES string of the molecule is CCN(Cc1ccc(Cl)s1)C(=O)Cc1csc(-c2ccccn2)n1. The summed E-state index contributed by atoms with van der Waals surface area (Å²) in [6.45, 7) is 3.23. The molecule has 0 aliphatic rings. The first-order chi connectivity index (χ1) is 11.7. The summed E-state index contributed by atoms with van der Waals surface area (Å²) in [5.41, 5.74) is 1.62. The van der Waals surface area contributed by atoms with Crippen LogP contribution in [-0.2, 0) is 17.8 Å². The van der Waals surface area contributed by atoms with Crippen LogP contribution in [0.4, 0.5) is 0 Å². The van der Waals surface area contributed by atoms with Crippen LogP contribution in [0.3, 0.4) is 0 Å². The summed E-state index contributed by atoms with van der Waals surface area (Å²) in [5, 5.41) is 2.77. The highest BCUT2D eigenvalue weighted by Gasteiger charge is 2.16. The Hall–Kier alpha value is -1.76. The maximum absolute atomic E-state index is 12.5. The lowest BCUT2D eigenvalue weighted by Gasteiger charge is -2.19. The molecule has 24 heavy (non-hydrogen) atoms. The smallest absolute Gasteiger partial charge is 0.228 e. The van der Waals surface area contributed by atoms with E-state index >= 15 is 0 Å². The fraction of sp³-hybridized carbons (Fsp3) is 0.235. The largest absolute Gasteiger partial charge is 0.337 e. The molecule has 4 nitrogen and oxygen atoms in total. The van der Waals surface area contributed by atoms with Gasteiger partial charge >= 0.3 is 0 Å². The molecule has 0 fully saturated rings. The third kappa shape index (κ3) is 4.20. The molecule has 0 aromatic carbocycles. The quantitative estimate of drug-likeness (QED) is 0.634. The number of likely N-dealkylation sites (N-methyl/N-ethyl adjacent to an activating group) is 1. The molecule has 0 aliphatic carbocycles. The number of thiazole rings is 1. The average molecular weight is 378 g/mol. The Kier molecular flexibility index (Phi) is 5.60. The van der Waals surface area contributed by atoms with Gasteiger partial charge in [-0.3, -0.25) is 9.78 Å². The summed E-state index contributed by atoms with van der Waals surface area (Å²) in [6, 6.07) is 9.55. The number of rotatable bonds is 6. The van der Waals surface area contributed by atoms with E-state index in [1.807, 2.05) is 47.5 Å². The highest BCUT2D eigenvalue weighted by Crippen LogP contribution is 2.24. The summed E-state index contributed by atoms with van der Waals surface area (Å²) in [6.07, 6.45) is 2.04. The number of aromatic nitrogens is 2. The summed E-state index contributed by atoms with van der Waals surface area (Å²) >= 11 is 8.98. The van der Waals surface area contributed by atoms with Gasteiger partial charge in [0.15, 0.2) is 0 Å². The van der Waals surface area contributed by atoms with Crippen LogP contribution in [0.25, 0.3) is 10.7 Å². The lowest BCUT2D eigenvalue weighted by atomic mass is 10.3. The van der Waals surface area contributed by atoms with Gasteiger partial charge in [0.1, 0.15) is 5.01 Å². The molecule has 3 aromatic heterocycles. The van der Waals surface area contributed by atoms with Crippen LogP contribution in [0.5, 0.6) is 0 Å². The molecule has 0 N–H and O–H groups in total. The van der Waals surface area contributed by atoms with Crippen LogP contribution in [0, 0.1) is 0 Å². The second-order valence-electron chi connectivity index (χ2n) is 5.15. The fourth-order valence-corrected chi connectivity index (χ4v) is 4.16. The minimum Gasteiger partial charge on any atom is -0.337 e. The van der Waals surface area contributed by atoms with Crippen molar-refractivity contribution in [3.63, 3.8) is 0 Å². The Morgan fingerprint density at radius 2 is 2.17 bits per heavy atom. The van der Waals surface area contributed by atoms with Gasteiger partial charge in [0.2, 0.25) is 5.91 Å². The van der Waals surface area contributed by atoms with E-state index in [0.29, 0.717) is 19.5 Å². The van der Waals surface area contributed by atoms with Crippen LogP contribution >= 0.6 is 34.3 Å². The molecule has 7 heteroatoms. The Labute approximate surface area is 153 Å². The van der Waals surface area contributed by atoms with Crippen molar-refractivity contribution in [1.82, 2.24) is 14.9 Å². The first-order valence-electron chi connectivity index (χ1n) is 7.53. The molecule has 0 aliphatic heterocycles. The monoisotopic (exact) mass is 377 g/mol. The zero-order valence-electron chi connectivity index (χ0n) is 13.1. The van der Waals surface area contributed by atoms with E-state index in [1.165, 1.54) is 22.7 Å². The van der Waals surface area contributed by atoms with Gasteiger partial charge in [-0.1, -0.05) is 17.7 Å². The van der Waals surface area contributed by atoms with Crippen LogP contribution in [0.2, 0.25) is 4.34 Å². The zero-order chi connectivity index (χ0) is 16.9. The molecule has 124 valence electrons. The minimum atomic E-state index is 0.0693. The van der Waals surface area contributed by atoms with E-state index in [1.54, 1.807) is 6.20 Å². The van der Waals surface area contributed by atoms with Gasteiger partial charge in [0.25, 0.3) is 0 Å². The van der Waals surface area contributed by atoms with Gasteiger partial charge in [0.05, 0.1) is 28.7 Å². The Morgan fingerprint density at radius 3 is 2.83 bits per heavy atom. The van der Waals surface area contributed by atoms with Crippen LogP contribution in [-0.4, -0.2) is 27.3 Å². The van der Waals surface area contributed by atoms with Crippen molar-refractivity contribution < 1.29 is 4.79 Å². The number of amides is 1. The molecular formula is C17H16ClN3OS2. The van der Waals surface area contributed by atoms with Crippen LogP contribution in [0.15, 0.2) is 41.9 Å². The van der Waals surface area contributed by atoms with Gasteiger partial charge in [-0.25, -0.2) is 4.98 Å². The van der Waals surface area contributed by atoms with Crippen LogP contribution in [0.1, 0.15) is 17.5 Å². The topological polar surface area (TPSA) is 46.1 Å². The molecule has 1 amide bonds. The van der Waals surface area contributed by atoms with Crippen molar-refractivity contribution in [3.8, 4) is 10.7 Å². The van der Waals surface area contributed by atoms with E-state index in [4.69, 9.17) is 11.6 Å². The number of carbonyl (C=O) groups excluding carboxylic acids is 1. The van der Waals surface area contributed by atoms with E-state index in [-0.39, 0.29) is 5.91 Å². The van der Waals surface area contributed by atoms with Crippen molar-refractivity contribution in [1.29, 1.82) is 0 Å². The Morgan fingerprint density at radius 1 is 1.29 bits per heavy atom. The van der Waals surface area contributed by atoms with E-state index in [0.717, 1.165) is 25.6 Å². The Bertz CT molecular complexity index is 816. The first-order valence-corrected chi connectivity index (χ1v) is 9.61. The standard InChI is InChI=1S/C17H16ClN3OS2/c1-2-21(10-13-6-7-15(18)24-13)16(22)9-12-11-23-17(20-12)14-5-3-4-8-19-14/h3-8,11H,2,9-10H2,1H3. The van der Waals surface area contributed by atoms with E-state index in [9.17, 15) is 4.79 Å². The number of thiophene rings is 1. The molecule has 3 rings (SSSR count). The summed E-state index contributed by atoms with van der Waals surface area (Å²) in [5.74, 6) is 0.0693. The van der Waals surface area contributed by atoms with Gasteiger partial charge in [0, 0.05) is 23.0 Å². The molecule has 0 saturated carbocycles. The van der Waals surface area contributed by atoms with E-state index < -0.39 is 0 Å². The molecule has 0 radical (unpaired) electrons. The van der Waals surface area contributed by atoms with E-state index in [2.05, 4.69) is 9.97 Å². The highest BCUT2D eigenvalue weighted by atomic mass is 35.5. The maximum Gasteiger partial charge on any atom is 0.228 e. The zero-order valence-corrected chi connectivity index (χ0v) is 15.5. The van der Waals surface area contributed by atoms with Crippen molar-refractivity contribution >= 4 is 40.2 Å². The van der Waals surface area contributed by atoms with Crippen molar-refractivity contribution in [2.45, 2.75) is 19.9 Å². The number of pyridine rings is 1. The lowest BCUT2D eigenvalue weighted by Crippen LogP contribution is -2.31. The Balaban J connectivity index is 1.66. The van der Waals surface area contributed by atoms with Crippen molar-refractivity contribution in [2.24, 2.45) is 0 Å². The normalized spacial score (nSPS) is 10.8. The molecule has 0 saturated heterocycles. The average Bonchev–Trinajstić information content (AvgIpc) is 3.22. The molecule has 3 aromatic rings. The number of halogens is 1. The number of nitrogens with zero attached hydrogens (tertiary/aromatic N) is 3. The highest BCUT2D eigenvalue weighted by molar-refractivity contribution is 7.16. The van der Waals surface area contributed by atoms with Gasteiger partial charge in [-0.2, -0.15) is 0 Å². The number of carbonyl (C=O) groups is 1. The second kappa shape index (κ2) is 7.88. The van der Waals surface area contributed by atoms with Gasteiger partial charge in [-0.05, 0) is 31.2 Å². The fourth-order valence-electron chi connectivity index (χ4n) is 2.26. The minimum absolute atomic E-state index is 0.0693. The summed E-state index contributed by atoms with van der Waals surface area (Å²) < 4.78 is 0.744. The predicted octanol–water partition coefficient (Wildman–Crippen LogP) is 4.51. The van der Waals surface area contributed by atoms with Gasteiger partial charge < -0.3 is 4.90 Å². The molecule has 0 unspecified atom stereocenters. The third-order valence-electron chi connectivity index (χ3n) is 3.48. The molecular weight excluding hydrogens is 362 g/mol. The van der Waals surface area contributed by atoms with Crippen molar-refractivity contribution in [3.05, 3.63) is 56.8 Å². The van der Waals surface area contributed by atoms with Crippen molar-refractivity contribution in [2.75, 3.05) is 6.54 Å². The first kappa shape index (κ1) is 17.1. The number of hydrogen-bond acceptors (Lipinski definition) is 5. The predicted molar refractivity (Wildman–Crippen MR) is 99.5 cm³/mol. The van der Waals surface area contributed by atoms with Crippen LogP contribution < -0.4 is 0 Å². The third-order valence-corrected chi connectivity index (χ3v) is 5.61. The molecule has 3 heterocycles. The molecule has 0 spiro atoms. The summed E-state index contributed by atoms with van der Waals surface area (Å²) in [4.78, 5) is 24.3. The number of hydrogen-bond donors (Lipinski definition) is 0. The summed E-state index contributed by atoms with van der Waals surface area (Å²) in [7, 11) is 0.